The number of amides is 2. The number of hydrogen-bond acceptors (Lipinski definition) is 10. The number of carbonyl (C=O) groups is 2. The molecular weight excluding hydrogens is 675 g/mol. The molecule has 4 heterocycles. The second-order valence-corrected chi connectivity index (χ2v) is 16.0. The minimum absolute atomic E-state index is 0.0192. The second-order valence-electron chi connectivity index (χ2n) is 14.3. The minimum atomic E-state index is -4.05. The molecule has 0 spiro atoms. The molecule has 2 saturated heterocycles. The molecule has 13 nitrogen and oxygen atoms in total. The first-order chi connectivity index (χ1) is 24.4. The van der Waals surface area contributed by atoms with Gasteiger partial charge in [-0.25, -0.2) is 9.52 Å². The van der Waals surface area contributed by atoms with Crippen molar-refractivity contribution in [1.82, 2.24) is 18.8 Å². The van der Waals surface area contributed by atoms with Crippen molar-refractivity contribution < 1.29 is 31.9 Å². The van der Waals surface area contributed by atoms with Gasteiger partial charge in [-0.05, 0) is 94.8 Å². The molecule has 0 radical (unpaired) electrons. The highest BCUT2D eigenvalue weighted by Crippen LogP contribution is 2.36. The van der Waals surface area contributed by atoms with E-state index in [0.717, 1.165) is 79.5 Å². The number of benzene rings is 2. The fourth-order valence-electron chi connectivity index (χ4n) is 7.75. The Morgan fingerprint density at radius 2 is 1.76 bits per heavy atom. The van der Waals surface area contributed by atoms with E-state index in [1.54, 1.807) is 24.1 Å². The van der Waals surface area contributed by atoms with E-state index in [1.165, 1.54) is 10.4 Å². The third kappa shape index (κ3) is 6.86. The number of nitrogens with one attached hydrogen (secondary N) is 1. The Bertz CT molecular complexity index is 2020. The minimum Gasteiger partial charge on any atom is -0.490 e. The molecule has 1 aliphatic carbocycles. The quantitative estimate of drug-likeness (QED) is 0.327. The number of fused-ring (bicyclic) bond motifs is 3. The zero-order chi connectivity index (χ0) is 36.0. The molecular formula is C37H47N5O8S. The molecule has 3 aliphatic heterocycles. The zero-order valence-corrected chi connectivity index (χ0v) is 30.6. The molecule has 51 heavy (non-hydrogen) atoms. The Labute approximate surface area is 298 Å². The van der Waals surface area contributed by atoms with Crippen molar-refractivity contribution in [2.24, 2.45) is 0 Å². The Balaban J connectivity index is 1.16. The first-order valence-electron chi connectivity index (χ1n) is 17.9. The van der Waals surface area contributed by atoms with E-state index in [-0.39, 0.29) is 41.5 Å². The van der Waals surface area contributed by atoms with Crippen molar-refractivity contribution in [3.63, 3.8) is 0 Å². The number of rotatable bonds is 9. The van der Waals surface area contributed by atoms with Gasteiger partial charge in [-0.2, -0.15) is 12.7 Å². The molecule has 1 aromatic heterocycles. The third-order valence-electron chi connectivity index (χ3n) is 11.0. The van der Waals surface area contributed by atoms with Gasteiger partial charge in [0.2, 0.25) is 0 Å². The maximum Gasteiger partial charge on any atom is 0.341 e. The number of hydrogen-bond donors (Lipinski definition) is 1. The van der Waals surface area contributed by atoms with Crippen LogP contribution in [0, 0.1) is 13.8 Å². The van der Waals surface area contributed by atoms with Gasteiger partial charge in [-0.3, -0.25) is 14.5 Å². The highest BCUT2D eigenvalue weighted by molar-refractivity contribution is 7.87. The van der Waals surface area contributed by atoms with Gasteiger partial charge in [0.15, 0.2) is 0 Å². The largest absolute Gasteiger partial charge is 0.490 e. The topological polar surface area (TPSA) is 142 Å². The molecule has 1 atom stereocenters. The van der Waals surface area contributed by atoms with E-state index in [9.17, 15) is 22.8 Å². The summed E-state index contributed by atoms with van der Waals surface area (Å²) in [5, 5.41) is 0.913. The van der Waals surface area contributed by atoms with Crippen LogP contribution in [0.1, 0.15) is 75.1 Å². The smallest absolute Gasteiger partial charge is 0.341 e. The molecule has 0 unspecified atom stereocenters. The Morgan fingerprint density at radius 1 is 1.00 bits per heavy atom. The zero-order valence-electron chi connectivity index (χ0n) is 29.8. The summed E-state index contributed by atoms with van der Waals surface area (Å²) in [7, 11) is -0.225. The number of aryl methyl sites for hydroxylation is 2. The van der Waals surface area contributed by atoms with Gasteiger partial charge < -0.3 is 23.7 Å². The van der Waals surface area contributed by atoms with Gasteiger partial charge in [-0.1, -0.05) is 0 Å². The SMILES string of the molecule is COC[C@H]1CN(c2cc(C)c3c4c(c(=O)oc3c2C)CN(C(=O)c2ccc(OC3CCC3)c(C(=O)NS(=O)(=O)N3CCCC3)c2)CC4)CCN1C. The van der Waals surface area contributed by atoms with Crippen LogP contribution in [0.5, 0.6) is 5.75 Å². The van der Waals surface area contributed by atoms with E-state index in [0.29, 0.717) is 43.8 Å². The number of piperazine rings is 1. The molecule has 7 rings (SSSR count). The van der Waals surface area contributed by atoms with Gasteiger partial charge in [-0.15, -0.1) is 0 Å². The van der Waals surface area contributed by atoms with Crippen LogP contribution in [-0.4, -0.2) is 107 Å². The highest BCUT2D eigenvalue weighted by Gasteiger charge is 2.33. The lowest BCUT2D eigenvalue weighted by molar-refractivity contribution is 0.0732. The van der Waals surface area contributed by atoms with Gasteiger partial charge in [0.05, 0.1) is 36.4 Å². The summed E-state index contributed by atoms with van der Waals surface area (Å²) < 4.78 is 46.9. The van der Waals surface area contributed by atoms with Crippen LogP contribution in [-0.2, 0) is 27.9 Å². The summed E-state index contributed by atoms with van der Waals surface area (Å²) in [4.78, 5) is 47.3. The van der Waals surface area contributed by atoms with Crippen LogP contribution >= 0.6 is 0 Å². The normalized spacial score (nSPS) is 20.4. The van der Waals surface area contributed by atoms with Crippen LogP contribution in [0.4, 0.5) is 5.69 Å². The van der Waals surface area contributed by atoms with Crippen molar-refractivity contribution in [3.8, 4) is 5.75 Å². The number of anilines is 1. The van der Waals surface area contributed by atoms with Gasteiger partial charge in [0, 0.05) is 68.6 Å². The number of ether oxygens (including phenoxy) is 2. The molecule has 3 fully saturated rings. The summed E-state index contributed by atoms with van der Waals surface area (Å²) in [6.07, 6.45) is 4.53. The fourth-order valence-corrected chi connectivity index (χ4v) is 8.96. The first kappa shape index (κ1) is 35.4. The lowest BCUT2D eigenvalue weighted by atomic mass is 9.92. The predicted octanol–water partition coefficient (Wildman–Crippen LogP) is 3.38. The highest BCUT2D eigenvalue weighted by atomic mass is 32.2. The molecule has 2 amide bonds. The van der Waals surface area contributed by atoms with E-state index >= 15 is 0 Å². The maximum absolute atomic E-state index is 14.0. The number of methoxy groups -OCH3 is 1. The monoisotopic (exact) mass is 721 g/mol. The molecule has 274 valence electrons. The maximum atomic E-state index is 14.0. The lowest BCUT2D eigenvalue weighted by Crippen LogP contribution is -2.53. The molecule has 1 N–H and O–H groups in total. The molecule has 14 heteroatoms. The van der Waals surface area contributed by atoms with Gasteiger partial charge >= 0.3 is 15.8 Å². The van der Waals surface area contributed by atoms with Crippen LogP contribution in [0.25, 0.3) is 11.0 Å². The van der Waals surface area contributed by atoms with Crippen LogP contribution in [0.3, 0.4) is 0 Å². The average molecular weight is 722 g/mol. The average Bonchev–Trinajstić information content (AvgIpc) is 3.65. The van der Waals surface area contributed by atoms with E-state index in [1.807, 2.05) is 13.8 Å². The van der Waals surface area contributed by atoms with Gasteiger partial charge in [0.25, 0.3) is 11.8 Å². The van der Waals surface area contributed by atoms with Crippen LogP contribution < -0.4 is 20.0 Å². The van der Waals surface area contributed by atoms with Crippen molar-refractivity contribution in [1.29, 1.82) is 0 Å². The molecule has 4 aliphatic rings. The fraction of sp³-hybridized carbons (Fsp3) is 0.541. The van der Waals surface area contributed by atoms with Crippen molar-refractivity contribution in [3.05, 3.63) is 68.1 Å². The lowest BCUT2D eigenvalue weighted by Gasteiger charge is -2.41. The van der Waals surface area contributed by atoms with E-state index in [4.69, 9.17) is 13.9 Å². The summed E-state index contributed by atoms with van der Waals surface area (Å²) >= 11 is 0. The Kier molecular flexibility index (Phi) is 9.87. The predicted molar refractivity (Wildman–Crippen MR) is 193 cm³/mol. The van der Waals surface area contributed by atoms with Crippen molar-refractivity contribution in [2.75, 3.05) is 64.9 Å². The number of likely N-dealkylation sites (N-methyl/N-ethyl adjacent to an activating group) is 1. The van der Waals surface area contributed by atoms with E-state index < -0.39 is 21.7 Å². The van der Waals surface area contributed by atoms with Crippen molar-refractivity contribution in [2.45, 2.75) is 71.1 Å². The van der Waals surface area contributed by atoms with E-state index in [2.05, 4.69) is 27.6 Å². The summed E-state index contributed by atoms with van der Waals surface area (Å²) in [6, 6.07) is 6.97. The number of nitrogens with zero attached hydrogens (tertiary/aromatic N) is 4. The summed E-state index contributed by atoms with van der Waals surface area (Å²) in [6.45, 7) is 8.30. The van der Waals surface area contributed by atoms with Crippen LogP contribution in [0.2, 0.25) is 0 Å². The van der Waals surface area contributed by atoms with Crippen LogP contribution in [0.15, 0.2) is 33.5 Å². The standard InChI is InChI=1S/C37H47N5O8S/c1-23-18-31(40-17-16-39(3)26(20-40)22-48-4)24(2)34-33(23)28-12-15-41(21-30(28)37(45)50-34)36(44)25-10-11-32(49-27-8-7-9-27)29(19-25)35(43)38-51(46,47)42-13-5-6-14-42/h10-11,18-19,26-27H,5-9,12-17,20-22H2,1-4H3,(H,38,43)/t26-/m1/s1. The Hall–Kier alpha value is -3.98. The van der Waals surface area contributed by atoms with Crippen molar-refractivity contribution >= 4 is 38.7 Å². The molecule has 1 saturated carbocycles. The van der Waals surface area contributed by atoms with Gasteiger partial charge in [0.1, 0.15) is 11.3 Å². The Morgan fingerprint density at radius 3 is 2.47 bits per heavy atom. The third-order valence-corrected chi connectivity index (χ3v) is 12.5. The summed E-state index contributed by atoms with van der Waals surface area (Å²) in [5.74, 6) is -0.994. The number of carbonyl (C=O) groups excluding carboxylic acids is 2. The second kappa shape index (κ2) is 14.2. The summed E-state index contributed by atoms with van der Waals surface area (Å²) in [5.41, 5.74) is 4.59. The molecule has 3 aromatic rings. The molecule has 0 bridgehead atoms. The molecule has 2 aromatic carbocycles. The first-order valence-corrected chi connectivity index (χ1v) is 19.3.